The van der Waals surface area contributed by atoms with Crippen LogP contribution >= 0.6 is 11.8 Å². The van der Waals surface area contributed by atoms with Gasteiger partial charge in [-0.25, -0.2) is 0 Å². The van der Waals surface area contributed by atoms with E-state index in [1.54, 1.807) is 11.8 Å². The van der Waals surface area contributed by atoms with Crippen LogP contribution in [0.1, 0.15) is 11.6 Å². The third kappa shape index (κ3) is 4.10. The number of hydrogen-bond donors (Lipinski definition) is 2. The van der Waals surface area contributed by atoms with Crippen molar-refractivity contribution >= 4 is 11.8 Å². The molecule has 3 heteroatoms. The number of thioether (sulfide) groups is 1. The van der Waals surface area contributed by atoms with Crippen molar-refractivity contribution in [2.75, 3.05) is 18.1 Å². The van der Waals surface area contributed by atoms with Gasteiger partial charge in [0.1, 0.15) is 0 Å². The molecule has 0 saturated carbocycles. The maximum Gasteiger partial charge on any atom is 0.0521 e. The van der Waals surface area contributed by atoms with E-state index in [9.17, 15) is 0 Å². The maximum atomic E-state index is 8.75. The summed E-state index contributed by atoms with van der Waals surface area (Å²) in [6.07, 6.45) is 0. The van der Waals surface area contributed by atoms with Gasteiger partial charge in [0.15, 0.2) is 0 Å². The average Bonchev–Trinajstić information content (AvgIpc) is 2.48. The second-order valence-corrected chi connectivity index (χ2v) is 5.54. The molecule has 2 aromatic rings. The van der Waals surface area contributed by atoms with Crippen LogP contribution in [0, 0.1) is 0 Å². The molecule has 0 amide bonds. The SMILES string of the molecule is NC(CSCCO)c1ccc(-c2ccccc2)cc1. The van der Waals surface area contributed by atoms with E-state index in [1.165, 1.54) is 11.1 Å². The lowest BCUT2D eigenvalue weighted by molar-refractivity contribution is 0.322. The van der Waals surface area contributed by atoms with Crippen molar-refractivity contribution in [3.05, 3.63) is 60.2 Å². The second-order valence-electron chi connectivity index (χ2n) is 4.39. The predicted octanol–water partition coefficient (Wildman–Crippen LogP) is 3.08. The molecule has 0 aliphatic heterocycles. The van der Waals surface area contributed by atoms with Crippen LogP contribution in [0.5, 0.6) is 0 Å². The Hall–Kier alpha value is -1.29. The van der Waals surface area contributed by atoms with Crippen molar-refractivity contribution in [1.82, 2.24) is 0 Å². The van der Waals surface area contributed by atoms with Crippen molar-refractivity contribution in [3.63, 3.8) is 0 Å². The van der Waals surface area contributed by atoms with E-state index < -0.39 is 0 Å². The standard InChI is InChI=1S/C16H19NOS/c17-16(12-19-11-10-18)15-8-6-14(7-9-15)13-4-2-1-3-5-13/h1-9,16,18H,10-12,17H2. The quantitative estimate of drug-likeness (QED) is 0.795. The Balaban J connectivity index is 2.02. The number of nitrogens with two attached hydrogens (primary N) is 1. The first kappa shape index (κ1) is 14.1. The van der Waals surface area contributed by atoms with E-state index in [0.29, 0.717) is 0 Å². The van der Waals surface area contributed by atoms with Gasteiger partial charge in [0.25, 0.3) is 0 Å². The highest BCUT2D eigenvalue weighted by molar-refractivity contribution is 7.99. The first-order chi connectivity index (χ1) is 9.31. The summed E-state index contributed by atoms with van der Waals surface area (Å²) in [5.74, 6) is 1.58. The molecule has 2 nitrogen and oxygen atoms in total. The molecule has 0 aromatic heterocycles. The van der Waals surface area contributed by atoms with Crippen LogP contribution in [0.15, 0.2) is 54.6 Å². The Morgan fingerprint density at radius 2 is 1.58 bits per heavy atom. The highest BCUT2D eigenvalue weighted by atomic mass is 32.2. The zero-order valence-electron chi connectivity index (χ0n) is 10.8. The van der Waals surface area contributed by atoms with Gasteiger partial charge in [-0.2, -0.15) is 11.8 Å². The van der Waals surface area contributed by atoms with Gasteiger partial charge in [-0.3, -0.25) is 0 Å². The van der Waals surface area contributed by atoms with Gasteiger partial charge in [0, 0.05) is 17.5 Å². The minimum absolute atomic E-state index is 0.0290. The summed E-state index contributed by atoms with van der Waals surface area (Å²) < 4.78 is 0. The van der Waals surface area contributed by atoms with E-state index in [4.69, 9.17) is 10.8 Å². The van der Waals surface area contributed by atoms with Gasteiger partial charge in [-0.15, -0.1) is 0 Å². The lowest BCUT2D eigenvalue weighted by atomic mass is 10.0. The van der Waals surface area contributed by atoms with Crippen molar-refractivity contribution in [3.8, 4) is 11.1 Å². The van der Waals surface area contributed by atoms with Crippen molar-refractivity contribution in [2.24, 2.45) is 5.73 Å². The fourth-order valence-electron chi connectivity index (χ4n) is 1.92. The summed E-state index contributed by atoms with van der Waals surface area (Å²) in [5, 5.41) is 8.75. The largest absolute Gasteiger partial charge is 0.396 e. The van der Waals surface area contributed by atoms with Crippen molar-refractivity contribution < 1.29 is 5.11 Å². The molecular weight excluding hydrogens is 254 g/mol. The molecule has 0 aliphatic carbocycles. The van der Waals surface area contributed by atoms with Crippen LogP contribution < -0.4 is 5.73 Å². The zero-order chi connectivity index (χ0) is 13.5. The number of aliphatic hydroxyl groups excluding tert-OH is 1. The highest BCUT2D eigenvalue weighted by Crippen LogP contribution is 2.22. The molecule has 2 aromatic carbocycles. The van der Waals surface area contributed by atoms with Crippen LogP contribution in [0.4, 0.5) is 0 Å². The van der Waals surface area contributed by atoms with Crippen molar-refractivity contribution in [2.45, 2.75) is 6.04 Å². The van der Waals surface area contributed by atoms with Gasteiger partial charge >= 0.3 is 0 Å². The Morgan fingerprint density at radius 1 is 0.947 bits per heavy atom. The van der Waals surface area contributed by atoms with Crippen molar-refractivity contribution in [1.29, 1.82) is 0 Å². The molecule has 19 heavy (non-hydrogen) atoms. The zero-order valence-corrected chi connectivity index (χ0v) is 11.6. The molecular formula is C16H19NOS. The van der Waals surface area contributed by atoms with E-state index in [-0.39, 0.29) is 12.6 Å². The van der Waals surface area contributed by atoms with Gasteiger partial charge in [-0.05, 0) is 16.7 Å². The molecule has 0 spiro atoms. The monoisotopic (exact) mass is 273 g/mol. The Morgan fingerprint density at radius 3 is 2.21 bits per heavy atom. The van der Waals surface area contributed by atoms with E-state index in [1.807, 2.05) is 18.2 Å². The predicted molar refractivity (Wildman–Crippen MR) is 83.2 cm³/mol. The molecule has 0 bridgehead atoms. The maximum absolute atomic E-state index is 8.75. The van der Waals surface area contributed by atoms with Gasteiger partial charge in [0.2, 0.25) is 0 Å². The van der Waals surface area contributed by atoms with Crippen LogP contribution in [-0.2, 0) is 0 Å². The first-order valence-electron chi connectivity index (χ1n) is 6.41. The molecule has 0 aliphatic rings. The lowest BCUT2D eigenvalue weighted by Gasteiger charge is -2.12. The van der Waals surface area contributed by atoms with Crippen LogP contribution in [-0.4, -0.2) is 23.2 Å². The normalized spacial score (nSPS) is 12.3. The summed E-state index contributed by atoms with van der Waals surface area (Å²) >= 11 is 1.68. The van der Waals surface area contributed by atoms with Crippen LogP contribution in [0.3, 0.4) is 0 Å². The molecule has 0 fully saturated rings. The second kappa shape index (κ2) is 7.34. The molecule has 1 unspecified atom stereocenters. The topological polar surface area (TPSA) is 46.2 Å². The average molecular weight is 273 g/mol. The molecule has 0 heterocycles. The third-order valence-electron chi connectivity index (χ3n) is 2.98. The number of aliphatic hydroxyl groups is 1. The van der Waals surface area contributed by atoms with Crippen LogP contribution in [0.25, 0.3) is 11.1 Å². The van der Waals surface area contributed by atoms with E-state index >= 15 is 0 Å². The molecule has 1 atom stereocenters. The van der Waals surface area contributed by atoms with Gasteiger partial charge < -0.3 is 10.8 Å². The highest BCUT2D eigenvalue weighted by Gasteiger charge is 2.06. The minimum Gasteiger partial charge on any atom is -0.396 e. The Labute approximate surface area is 118 Å². The lowest BCUT2D eigenvalue weighted by Crippen LogP contribution is -2.13. The summed E-state index contributed by atoms with van der Waals surface area (Å²) in [4.78, 5) is 0. The molecule has 100 valence electrons. The minimum atomic E-state index is 0.0290. The molecule has 0 saturated heterocycles. The smallest absolute Gasteiger partial charge is 0.0521 e. The van der Waals surface area contributed by atoms with Crippen LogP contribution in [0.2, 0.25) is 0 Å². The summed E-state index contributed by atoms with van der Waals surface area (Å²) in [5.41, 5.74) is 9.69. The van der Waals surface area contributed by atoms with E-state index in [2.05, 4.69) is 36.4 Å². The summed E-state index contributed by atoms with van der Waals surface area (Å²) in [6, 6.07) is 18.7. The Kier molecular flexibility index (Phi) is 5.45. The summed E-state index contributed by atoms with van der Waals surface area (Å²) in [7, 11) is 0. The number of rotatable bonds is 6. The number of hydrogen-bond acceptors (Lipinski definition) is 3. The van der Waals surface area contributed by atoms with Gasteiger partial charge in [0.05, 0.1) is 6.61 Å². The molecule has 2 rings (SSSR count). The molecule has 3 N–H and O–H groups in total. The van der Waals surface area contributed by atoms with Gasteiger partial charge in [-0.1, -0.05) is 54.6 Å². The third-order valence-corrected chi connectivity index (χ3v) is 4.05. The molecule has 0 radical (unpaired) electrons. The van der Waals surface area contributed by atoms with E-state index in [0.717, 1.165) is 17.1 Å². The number of benzene rings is 2. The fraction of sp³-hybridized carbons (Fsp3) is 0.250. The first-order valence-corrected chi connectivity index (χ1v) is 7.56. The Bertz CT molecular complexity index is 484. The fourth-order valence-corrected chi connectivity index (χ4v) is 2.67. The summed E-state index contributed by atoms with van der Waals surface area (Å²) in [6.45, 7) is 0.213.